The molecule has 0 spiro atoms. The number of thioether (sulfide) groups is 1. The van der Waals surface area contributed by atoms with Crippen molar-refractivity contribution < 1.29 is 13.2 Å². The molecule has 0 amide bonds. The molecule has 0 radical (unpaired) electrons. The topological polar surface area (TPSA) is 12.4 Å². The maximum atomic E-state index is 12.3. The Hall–Kier alpha value is -0.490. The molecule has 1 aromatic carbocycles. The number of nitrogens with zero attached hydrogens (tertiary/aromatic N) is 1. The summed E-state index contributed by atoms with van der Waals surface area (Å²) >= 11 is 3.78. The van der Waals surface area contributed by atoms with Gasteiger partial charge >= 0.3 is 6.18 Å². The van der Waals surface area contributed by atoms with E-state index in [0.29, 0.717) is 17.4 Å². The third-order valence-corrected chi connectivity index (χ3v) is 2.73. The summed E-state index contributed by atoms with van der Waals surface area (Å²) in [5.74, 6) is 0. The van der Waals surface area contributed by atoms with Crippen molar-refractivity contribution >= 4 is 38.4 Å². The fourth-order valence-corrected chi connectivity index (χ4v) is 1.55. The quantitative estimate of drug-likeness (QED) is 0.553. The van der Waals surface area contributed by atoms with E-state index in [0.717, 1.165) is 4.47 Å². The number of halogens is 4. The first-order chi connectivity index (χ1) is 6.93. The second kappa shape index (κ2) is 5.03. The van der Waals surface area contributed by atoms with Gasteiger partial charge in [-0.2, -0.15) is 13.2 Å². The van der Waals surface area contributed by atoms with E-state index >= 15 is 0 Å². The van der Waals surface area contributed by atoms with Gasteiger partial charge < -0.3 is 0 Å². The predicted octanol–water partition coefficient (Wildman–Crippen LogP) is 4.40. The molecule has 0 aliphatic carbocycles. The van der Waals surface area contributed by atoms with Crippen LogP contribution < -0.4 is 0 Å². The summed E-state index contributed by atoms with van der Waals surface area (Å²) in [4.78, 5) is 3.52. The molecule has 0 aromatic heterocycles. The highest BCUT2D eigenvalue weighted by Crippen LogP contribution is 2.27. The summed E-state index contributed by atoms with van der Waals surface area (Å²) in [5, 5.41) is -0.843. The monoisotopic (exact) mass is 297 g/mol. The van der Waals surface area contributed by atoms with Gasteiger partial charge in [0.05, 0.1) is 5.69 Å². The van der Waals surface area contributed by atoms with Gasteiger partial charge in [0.15, 0.2) is 5.04 Å². The van der Waals surface area contributed by atoms with E-state index in [1.165, 1.54) is 18.4 Å². The van der Waals surface area contributed by atoms with E-state index in [1.54, 1.807) is 12.1 Å². The first-order valence-electron chi connectivity index (χ1n) is 3.89. The summed E-state index contributed by atoms with van der Waals surface area (Å²) < 4.78 is 37.8. The Morgan fingerprint density at radius 3 is 2.20 bits per heavy atom. The molecular formula is C9H7BrF3NS. The molecule has 15 heavy (non-hydrogen) atoms. The normalized spacial score (nSPS) is 13.0. The maximum absolute atomic E-state index is 12.3. The predicted molar refractivity (Wildman–Crippen MR) is 60.8 cm³/mol. The van der Waals surface area contributed by atoms with Crippen LogP contribution in [0, 0.1) is 0 Å². The van der Waals surface area contributed by atoms with Crippen molar-refractivity contribution in [3.63, 3.8) is 0 Å². The standard InChI is InChI=1S/C9H7BrF3NS/c1-15-8(9(11,12)13)14-7-4-2-6(10)3-5-7/h2-5H,1H3. The Morgan fingerprint density at radius 1 is 1.27 bits per heavy atom. The van der Waals surface area contributed by atoms with Crippen molar-refractivity contribution in [3.8, 4) is 0 Å². The van der Waals surface area contributed by atoms with E-state index in [1.807, 2.05) is 0 Å². The van der Waals surface area contributed by atoms with Crippen molar-refractivity contribution in [1.29, 1.82) is 0 Å². The van der Waals surface area contributed by atoms with Crippen LogP contribution in [0.15, 0.2) is 33.7 Å². The molecule has 0 unspecified atom stereocenters. The van der Waals surface area contributed by atoms with Crippen LogP contribution in [0.4, 0.5) is 18.9 Å². The van der Waals surface area contributed by atoms with E-state index in [-0.39, 0.29) is 0 Å². The molecule has 1 rings (SSSR count). The highest BCUT2D eigenvalue weighted by Gasteiger charge is 2.35. The van der Waals surface area contributed by atoms with E-state index in [9.17, 15) is 13.2 Å². The minimum Gasteiger partial charge on any atom is -0.237 e. The first-order valence-corrected chi connectivity index (χ1v) is 5.90. The van der Waals surface area contributed by atoms with Crippen molar-refractivity contribution in [2.45, 2.75) is 6.18 Å². The van der Waals surface area contributed by atoms with E-state index in [2.05, 4.69) is 20.9 Å². The van der Waals surface area contributed by atoms with Gasteiger partial charge in [0.1, 0.15) is 0 Å². The fraction of sp³-hybridized carbons (Fsp3) is 0.222. The third kappa shape index (κ3) is 3.87. The SMILES string of the molecule is CSC(=Nc1ccc(Br)cc1)C(F)(F)F. The summed E-state index contributed by atoms with van der Waals surface area (Å²) in [6.45, 7) is 0. The lowest BCUT2D eigenvalue weighted by Gasteiger charge is -2.07. The lowest BCUT2D eigenvalue weighted by Crippen LogP contribution is -2.18. The molecule has 0 aliphatic rings. The van der Waals surface area contributed by atoms with Crippen LogP contribution in [0.5, 0.6) is 0 Å². The Bertz CT molecular complexity index is 359. The highest BCUT2D eigenvalue weighted by atomic mass is 79.9. The Balaban J connectivity index is 2.99. The van der Waals surface area contributed by atoms with Gasteiger partial charge in [-0.1, -0.05) is 15.9 Å². The van der Waals surface area contributed by atoms with E-state index in [4.69, 9.17) is 0 Å². The van der Waals surface area contributed by atoms with Crippen molar-refractivity contribution in [3.05, 3.63) is 28.7 Å². The summed E-state index contributed by atoms with van der Waals surface area (Å²) in [6.07, 6.45) is -3.03. The van der Waals surface area contributed by atoms with Crippen LogP contribution in [-0.4, -0.2) is 17.5 Å². The zero-order valence-corrected chi connectivity index (χ0v) is 10.1. The van der Waals surface area contributed by atoms with E-state index < -0.39 is 11.2 Å². The molecule has 0 atom stereocenters. The van der Waals surface area contributed by atoms with Crippen LogP contribution >= 0.6 is 27.7 Å². The minimum atomic E-state index is -4.38. The molecule has 0 saturated heterocycles. The first kappa shape index (κ1) is 12.6. The van der Waals surface area contributed by atoms with Crippen molar-refractivity contribution in [2.24, 2.45) is 4.99 Å². The molecule has 0 saturated carbocycles. The largest absolute Gasteiger partial charge is 0.439 e. The zero-order chi connectivity index (χ0) is 11.5. The average molecular weight is 298 g/mol. The lowest BCUT2D eigenvalue weighted by atomic mass is 10.3. The van der Waals surface area contributed by atoms with Gasteiger partial charge in [-0.15, -0.1) is 11.8 Å². The number of benzene rings is 1. The number of hydrogen-bond acceptors (Lipinski definition) is 2. The van der Waals surface area contributed by atoms with Gasteiger partial charge in [-0.25, -0.2) is 4.99 Å². The highest BCUT2D eigenvalue weighted by molar-refractivity contribution is 9.10. The minimum absolute atomic E-state index is 0.292. The summed E-state index contributed by atoms with van der Waals surface area (Å²) in [5.41, 5.74) is 0.292. The second-order valence-electron chi connectivity index (χ2n) is 2.60. The van der Waals surface area contributed by atoms with Crippen LogP contribution in [-0.2, 0) is 0 Å². The van der Waals surface area contributed by atoms with Crippen LogP contribution in [0.1, 0.15) is 0 Å². The van der Waals surface area contributed by atoms with Crippen molar-refractivity contribution in [2.75, 3.05) is 6.26 Å². The van der Waals surface area contributed by atoms with Gasteiger partial charge in [-0.05, 0) is 30.5 Å². The molecule has 1 nitrogen and oxygen atoms in total. The maximum Gasteiger partial charge on any atom is 0.439 e. The Kier molecular flexibility index (Phi) is 4.21. The molecule has 0 fully saturated rings. The van der Waals surface area contributed by atoms with Crippen LogP contribution in [0.2, 0.25) is 0 Å². The molecule has 6 heteroatoms. The fourth-order valence-electron chi connectivity index (χ4n) is 0.858. The summed E-state index contributed by atoms with van der Waals surface area (Å²) in [7, 11) is 0. The van der Waals surface area contributed by atoms with Crippen molar-refractivity contribution in [1.82, 2.24) is 0 Å². The number of aliphatic imine (C=N–C) groups is 1. The Labute approximate surface area is 97.9 Å². The molecule has 1 aromatic rings. The smallest absolute Gasteiger partial charge is 0.237 e. The molecule has 0 heterocycles. The van der Waals surface area contributed by atoms with Gasteiger partial charge in [0.25, 0.3) is 0 Å². The van der Waals surface area contributed by atoms with Crippen LogP contribution in [0.3, 0.4) is 0 Å². The van der Waals surface area contributed by atoms with Gasteiger partial charge in [0.2, 0.25) is 0 Å². The third-order valence-electron chi connectivity index (χ3n) is 1.49. The molecule has 0 bridgehead atoms. The summed E-state index contributed by atoms with van der Waals surface area (Å²) in [6, 6.07) is 6.33. The Morgan fingerprint density at radius 2 is 1.80 bits per heavy atom. The molecule has 0 aliphatic heterocycles. The van der Waals surface area contributed by atoms with Crippen LogP contribution in [0.25, 0.3) is 0 Å². The number of hydrogen-bond donors (Lipinski definition) is 0. The number of alkyl halides is 3. The average Bonchev–Trinajstić information content (AvgIpc) is 2.15. The van der Waals surface area contributed by atoms with Gasteiger partial charge in [-0.3, -0.25) is 0 Å². The lowest BCUT2D eigenvalue weighted by molar-refractivity contribution is -0.0553. The molecular weight excluding hydrogens is 291 g/mol. The van der Waals surface area contributed by atoms with Gasteiger partial charge in [0, 0.05) is 4.47 Å². The number of rotatable bonds is 1. The second-order valence-corrected chi connectivity index (χ2v) is 4.31. The molecule has 82 valence electrons. The molecule has 0 N–H and O–H groups in total. The zero-order valence-electron chi connectivity index (χ0n) is 7.68.